The van der Waals surface area contributed by atoms with E-state index in [2.05, 4.69) is 4.74 Å². The van der Waals surface area contributed by atoms with Crippen molar-refractivity contribution in [3.8, 4) is 5.75 Å². The number of ether oxygens (including phenoxy) is 2. The van der Waals surface area contributed by atoms with Gasteiger partial charge in [0.2, 0.25) is 0 Å². The Morgan fingerprint density at radius 2 is 2.05 bits per heavy atom. The fraction of sp³-hybridized carbons (Fsp3) is 0.462. The lowest BCUT2D eigenvalue weighted by molar-refractivity contribution is -0.146. The lowest BCUT2D eigenvalue weighted by Gasteiger charge is -2.21. The lowest BCUT2D eigenvalue weighted by atomic mass is 9.98. The molecule has 0 saturated carbocycles. The summed E-state index contributed by atoms with van der Waals surface area (Å²) < 4.78 is 35.4. The fourth-order valence-corrected chi connectivity index (χ4v) is 1.53. The zero-order chi connectivity index (χ0) is 14.5. The van der Waals surface area contributed by atoms with Crippen LogP contribution in [0.1, 0.15) is 19.8 Å². The molecule has 6 heteroatoms. The second-order valence-corrected chi connectivity index (χ2v) is 4.44. The Balaban J connectivity index is 2.38. The molecule has 0 aliphatic heterocycles. The highest BCUT2D eigenvalue weighted by Crippen LogP contribution is 2.17. The largest absolute Gasteiger partial charge is 0.493 e. The summed E-state index contributed by atoms with van der Waals surface area (Å²) in [5, 5.41) is 0. The molecular formula is C13H17F2NO3. The number of carbonyl (C=O) groups excluding carboxylic acids is 1. The lowest BCUT2D eigenvalue weighted by Crippen LogP contribution is -2.45. The first-order chi connectivity index (χ1) is 8.86. The van der Waals surface area contributed by atoms with Gasteiger partial charge in [0.1, 0.15) is 11.3 Å². The number of hydrogen-bond donors (Lipinski definition) is 1. The SMILES string of the molecule is COC(=O)C(C)(N)CCCOc1ccc(F)c(F)c1. The summed E-state index contributed by atoms with van der Waals surface area (Å²) in [5.74, 6) is -2.15. The second kappa shape index (κ2) is 6.47. The summed E-state index contributed by atoms with van der Waals surface area (Å²) in [7, 11) is 1.27. The average molecular weight is 273 g/mol. The van der Waals surface area contributed by atoms with Gasteiger partial charge in [-0.3, -0.25) is 4.79 Å². The number of carbonyl (C=O) groups is 1. The van der Waals surface area contributed by atoms with Crippen LogP contribution in [-0.4, -0.2) is 25.2 Å². The van der Waals surface area contributed by atoms with E-state index in [1.54, 1.807) is 6.92 Å². The molecule has 1 rings (SSSR count). The second-order valence-electron chi connectivity index (χ2n) is 4.44. The van der Waals surface area contributed by atoms with Crippen LogP contribution in [0.4, 0.5) is 8.78 Å². The Kier molecular flexibility index (Phi) is 5.23. The van der Waals surface area contributed by atoms with E-state index in [9.17, 15) is 13.6 Å². The highest BCUT2D eigenvalue weighted by atomic mass is 19.2. The van der Waals surface area contributed by atoms with Crippen molar-refractivity contribution in [1.82, 2.24) is 0 Å². The van der Waals surface area contributed by atoms with E-state index in [0.717, 1.165) is 12.1 Å². The number of benzene rings is 1. The van der Waals surface area contributed by atoms with Crippen molar-refractivity contribution in [1.29, 1.82) is 0 Å². The third-order valence-electron chi connectivity index (χ3n) is 2.65. The van der Waals surface area contributed by atoms with Crippen LogP contribution in [-0.2, 0) is 9.53 Å². The van der Waals surface area contributed by atoms with Crippen molar-refractivity contribution in [3.05, 3.63) is 29.8 Å². The van der Waals surface area contributed by atoms with Crippen LogP contribution in [0.5, 0.6) is 5.75 Å². The molecule has 1 aromatic carbocycles. The van der Waals surface area contributed by atoms with Gasteiger partial charge in [-0.25, -0.2) is 8.78 Å². The zero-order valence-electron chi connectivity index (χ0n) is 10.9. The minimum Gasteiger partial charge on any atom is -0.493 e. The first kappa shape index (κ1) is 15.4. The highest BCUT2D eigenvalue weighted by molar-refractivity contribution is 5.79. The molecule has 0 radical (unpaired) electrons. The van der Waals surface area contributed by atoms with Gasteiger partial charge in [0.25, 0.3) is 0 Å². The Morgan fingerprint density at radius 3 is 2.63 bits per heavy atom. The predicted octanol–water partition coefficient (Wildman–Crippen LogP) is 2.01. The van der Waals surface area contributed by atoms with Gasteiger partial charge >= 0.3 is 5.97 Å². The minimum absolute atomic E-state index is 0.232. The molecule has 0 bridgehead atoms. The van der Waals surface area contributed by atoms with E-state index in [0.29, 0.717) is 12.8 Å². The molecule has 1 unspecified atom stereocenters. The molecule has 0 aliphatic rings. The highest BCUT2D eigenvalue weighted by Gasteiger charge is 2.28. The van der Waals surface area contributed by atoms with Gasteiger partial charge in [0.15, 0.2) is 11.6 Å². The van der Waals surface area contributed by atoms with Crippen LogP contribution < -0.4 is 10.5 Å². The first-order valence-electron chi connectivity index (χ1n) is 5.82. The molecule has 0 saturated heterocycles. The molecular weight excluding hydrogens is 256 g/mol. The van der Waals surface area contributed by atoms with Crippen LogP contribution in [0.25, 0.3) is 0 Å². The van der Waals surface area contributed by atoms with E-state index >= 15 is 0 Å². The fourth-order valence-electron chi connectivity index (χ4n) is 1.53. The summed E-state index contributed by atoms with van der Waals surface area (Å²) in [6.45, 7) is 1.81. The molecule has 0 amide bonds. The first-order valence-corrected chi connectivity index (χ1v) is 5.82. The molecule has 4 nitrogen and oxygen atoms in total. The Morgan fingerprint density at radius 1 is 1.37 bits per heavy atom. The zero-order valence-corrected chi connectivity index (χ0v) is 10.9. The monoisotopic (exact) mass is 273 g/mol. The van der Waals surface area contributed by atoms with Gasteiger partial charge in [-0.05, 0) is 31.9 Å². The van der Waals surface area contributed by atoms with E-state index < -0.39 is 23.1 Å². The molecule has 2 N–H and O–H groups in total. The van der Waals surface area contributed by atoms with Gasteiger partial charge in [0.05, 0.1) is 13.7 Å². The van der Waals surface area contributed by atoms with E-state index in [1.165, 1.54) is 13.2 Å². The number of halogens is 2. The van der Waals surface area contributed by atoms with Crippen LogP contribution in [0.15, 0.2) is 18.2 Å². The maximum atomic E-state index is 12.9. The Labute approximate surface area is 110 Å². The van der Waals surface area contributed by atoms with Crippen molar-refractivity contribution >= 4 is 5.97 Å². The normalized spacial score (nSPS) is 13.7. The number of hydrogen-bond acceptors (Lipinski definition) is 4. The van der Waals surface area contributed by atoms with Crippen molar-refractivity contribution in [2.45, 2.75) is 25.3 Å². The molecule has 0 fully saturated rings. The van der Waals surface area contributed by atoms with Crippen molar-refractivity contribution in [3.63, 3.8) is 0 Å². The number of nitrogens with two attached hydrogens (primary N) is 1. The van der Waals surface area contributed by atoms with Crippen molar-refractivity contribution < 1.29 is 23.0 Å². The topological polar surface area (TPSA) is 61.5 Å². The quantitative estimate of drug-likeness (QED) is 0.636. The summed E-state index contributed by atoms with van der Waals surface area (Å²) >= 11 is 0. The predicted molar refractivity (Wildman–Crippen MR) is 65.7 cm³/mol. The van der Waals surface area contributed by atoms with Crippen LogP contribution >= 0.6 is 0 Å². The molecule has 1 atom stereocenters. The molecule has 0 aromatic heterocycles. The standard InChI is InChI=1S/C13H17F2NO3/c1-13(16,12(17)18-2)6-3-7-19-9-4-5-10(14)11(15)8-9/h4-5,8H,3,6-7,16H2,1-2H3. The van der Waals surface area contributed by atoms with E-state index in [1.807, 2.05) is 0 Å². The number of methoxy groups -OCH3 is 1. The maximum absolute atomic E-state index is 12.9. The van der Waals surface area contributed by atoms with Gasteiger partial charge < -0.3 is 15.2 Å². The van der Waals surface area contributed by atoms with Crippen molar-refractivity contribution in [2.24, 2.45) is 5.73 Å². The van der Waals surface area contributed by atoms with Crippen LogP contribution in [0.2, 0.25) is 0 Å². The third kappa shape index (κ3) is 4.48. The molecule has 0 spiro atoms. The van der Waals surface area contributed by atoms with Gasteiger partial charge in [0, 0.05) is 6.07 Å². The minimum atomic E-state index is -1.08. The van der Waals surface area contributed by atoms with Crippen molar-refractivity contribution in [2.75, 3.05) is 13.7 Å². The van der Waals surface area contributed by atoms with Crippen LogP contribution in [0.3, 0.4) is 0 Å². The number of esters is 1. The smallest absolute Gasteiger partial charge is 0.325 e. The van der Waals surface area contributed by atoms with Gasteiger partial charge in [-0.1, -0.05) is 0 Å². The summed E-state index contributed by atoms with van der Waals surface area (Å²) in [5.41, 5.74) is 4.68. The van der Waals surface area contributed by atoms with E-state index in [4.69, 9.17) is 10.5 Å². The van der Waals surface area contributed by atoms with Gasteiger partial charge in [-0.15, -0.1) is 0 Å². The molecule has 19 heavy (non-hydrogen) atoms. The summed E-state index contributed by atoms with van der Waals surface area (Å²) in [6.07, 6.45) is 0.852. The summed E-state index contributed by atoms with van der Waals surface area (Å²) in [6, 6.07) is 3.30. The summed E-state index contributed by atoms with van der Waals surface area (Å²) in [4.78, 5) is 11.3. The van der Waals surface area contributed by atoms with Crippen LogP contribution in [0, 0.1) is 11.6 Å². The van der Waals surface area contributed by atoms with E-state index in [-0.39, 0.29) is 12.4 Å². The molecule has 0 heterocycles. The Hall–Kier alpha value is -1.69. The average Bonchev–Trinajstić information content (AvgIpc) is 2.37. The van der Waals surface area contributed by atoms with Gasteiger partial charge in [-0.2, -0.15) is 0 Å². The molecule has 0 aliphatic carbocycles. The third-order valence-corrected chi connectivity index (χ3v) is 2.65. The number of rotatable bonds is 6. The Bertz CT molecular complexity index is 450. The molecule has 106 valence electrons. The molecule has 1 aromatic rings. The maximum Gasteiger partial charge on any atom is 0.325 e.